The first-order valence-corrected chi connectivity index (χ1v) is 6.01. The highest BCUT2D eigenvalue weighted by molar-refractivity contribution is 5.72. The van der Waals surface area contributed by atoms with Crippen LogP contribution in [0.5, 0.6) is 0 Å². The number of carbonyl (C=O) groups excluding carboxylic acids is 1. The Labute approximate surface area is 104 Å². The molecule has 1 amide bonds. The van der Waals surface area contributed by atoms with Crippen LogP contribution in [0.4, 0.5) is 5.69 Å². The Balaban J connectivity index is 3.34. The van der Waals surface area contributed by atoms with E-state index in [-0.39, 0.29) is 10.8 Å². The standard InChI is InChI=1S/C15H23NO/c1-14(2,3)11-7-12(15(4,5)6)9-13(8-11)16-10-17/h7-10H,1-6H3,(H,16,17). The molecule has 17 heavy (non-hydrogen) atoms. The smallest absolute Gasteiger partial charge is 0.211 e. The van der Waals surface area contributed by atoms with Crippen LogP contribution in [0.25, 0.3) is 0 Å². The van der Waals surface area contributed by atoms with Gasteiger partial charge in [-0.3, -0.25) is 4.79 Å². The van der Waals surface area contributed by atoms with Crippen LogP contribution >= 0.6 is 0 Å². The van der Waals surface area contributed by atoms with E-state index in [1.165, 1.54) is 11.1 Å². The van der Waals surface area contributed by atoms with Gasteiger partial charge < -0.3 is 5.32 Å². The van der Waals surface area contributed by atoms with Gasteiger partial charge in [-0.2, -0.15) is 0 Å². The number of benzene rings is 1. The van der Waals surface area contributed by atoms with Gasteiger partial charge in [0.15, 0.2) is 0 Å². The summed E-state index contributed by atoms with van der Waals surface area (Å²) in [4.78, 5) is 10.6. The molecule has 0 aliphatic heterocycles. The molecule has 0 aliphatic carbocycles. The molecular weight excluding hydrogens is 210 g/mol. The van der Waals surface area contributed by atoms with Gasteiger partial charge in [-0.15, -0.1) is 0 Å². The maximum Gasteiger partial charge on any atom is 0.211 e. The van der Waals surface area contributed by atoms with E-state index >= 15 is 0 Å². The Morgan fingerprint density at radius 2 is 1.29 bits per heavy atom. The average Bonchev–Trinajstić information content (AvgIpc) is 2.15. The van der Waals surface area contributed by atoms with Crippen molar-refractivity contribution in [2.75, 3.05) is 5.32 Å². The van der Waals surface area contributed by atoms with Crippen LogP contribution in [-0.2, 0) is 15.6 Å². The highest BCUT2D eigenvalue weighted by atomic mass is 16.1. The molecule has 0 saturated heterocycles. The van der Waals surface area contributed by atoms with Crippen molar-refractivity contribution < 1.29 is 4.79 Å². The third-order valence-corrected chi connectivity index (χ3v) is 2.89. The van der Waals surface area contributed by atoms with E-state index in [4.69, 9.17) is 0 Å². The quantitative estimate of drug-likeness (QED) is 0.772. The minimum Gasteiger partial charge on any atom is -0.329 e. The van der Waals surface area contributed by atoms with Gasteiger partial charge in [-0.25, -0.2) is 0 Å². The molecule has 94 valence electrons. The van der Waals surface area contributed by atoms with E-state index in [0.717, 1.165) is 12.1 Å². The highest BCUT2D eigenvalue weighted by Crippen LogP contribution is 2.31. The summed E-state index contributed by atoms with van der Waals surface area (Å²) in [6.07, 6.45) is 0.730. The predicted molar refractivity (Wildman–Crippen MR) is 73.5 cm³/mol. The lowest BCUT2D eigenvalue weighted by molar-refractivity contribution is -0.105. The maximum atomic E-state index is 10.6. The van der Waals surface area contributed by atoms with Crippen molar-refractivity contribution in [1.29, 1.82) is 0 Å². The first kappa shape index (κ1) is 13.8. The lowest BCUT2D eigenvalue weighted by Crippen LogP contribution is -2.17. The summed E-state index contributed by atoms with van der Waals surface area (Å²) in [6.45, 7) is 13.1. The van der Waals surface area contributed by atoms with Gasteiger partial charge in [0, 0.05) is 5.69 Å². The van der Waals surface area contributed by atoms with Crippen molar-refractivity contribution in [2.45, 2.75) is 52.4 Å². The third kappa shape index (κ3) is 3.58. The highest BCUT2D eigenvalue weighted by Gasteiger charge is 2.20. The summed E-state index contributed by atoms with van der Waals surface area (Å²) < 4.78 is 0. The fourth-order valence-electron chi connectivity index (χ4n) is 1.64. The van der Waals surface area contributed by atoms with Crippen LogP contribution in [0.1, 0.15) is 52.7 Å². The molecule has 0 heterocycles. The molecule has 2 nitrogen and oxygen atoms in total. The van der Waals surface area contributed by atoms with Crippen LogP contribution in [0.2, 0.25) is 0 Å². The zero-order chi connectivity index (χ0) is 13.3. The van der Waals surface area contributed by atoms with Crippen molar-refractivity contribution in [1.82, 2.24) is 0 Å². The van der Waals surface area contributed by atoms with E-state index in [9.17, 15) is 4.79 Å². The zero-order valence-corrected chi connectivity index (χ0v) is 11.7. The number of amides is 1. The molecule has 0 saturated carbocycles. The van der Waals surface area contributed by atoms with Crippen molar-refractivity contribution in [3.05, 3.63) is 29.3 Å². The van der Waals surface area contributed by atoms with Gasteiger partial charge in [0.25, 0.3) is 0 Å². The SMILES string of the molecule is CC(C)(C)c1cc(NC=O)cc(C(C)(C)C)c1. The van der Waals surface area contributed by atoms with Gasteiger partial charge in [0.1, 0.15) is 0 Å². The van der Waals surface area contributed by atoms with Crippen LogP contribution in [-0.4, -0.2) is 6.41 Å². The fraction of sp³-hybridized carbons (Fsp3) is 0.533. The van der Waals surface area contributed by atoms with E-state index in [1.807, 2.05) is 12.1 Å². The Kier molecular flexibility index (Phi) is 3.65. The summed E-state index contributed by atoms with van der Waals surface area (Å²) in [7, 11) is 0. The lowest BCUT2D eigenvalue weighted by Gasteiger charge is -2.26. The average molecular weight is 233 g/mol. The molecule has 1 N–H and O–H groups in total. The normalized spacial score (nSPS) is 12.4. The molecular formula is C15H23NO. The number of rotatable bonds is 2. The van der Waals surface area contributed by atoms with E-state index < -0.39 is 0 Å². The summed E-state index contributed by atoms with van der Waals surface area (Å²) >= 11 is 0. The number of carbonyl (C=O) groups is 1. The number of hydrogen-bond acceptors (Lipinski definition) is 1. The molecule has 0 unspecified atom stereocenters. The van der Waals surface area contributed by atoms with Crippen molar-refractivity contribution in [2.24, 2.45) is 0 Å². The van der Waals surface area contributed by atoms with Crippen LogP contribution < -0.4 is 5.32 Å². The summed E-state index contributed by atoms with van der Waals surface area (Å²) in [6, 6.07) is 6.32. The largest absolute Gasteiger partial charge is 0.329 e. The van der Waals surface area contributed by atoms with Crippen LogP contribution in [0.15, 0.2) is 18.2 Å². The zero-order valence-electron chi connectivity index (χ0n) is 11.7. The van der Waals surface area contributed by atoms with E-state index in [0.29, 0.717) is 0 Å². The van der Waals surface area contributed by atoms with Gasteiger partial charge in [0.05, 0.1) is 0 Å². The number of anilines is 1. The lowest BCUT2D eigenvalue weighted by atomic mass is 9.80. The van der Waals surface area contributed by atoms with Crippen LogP contribution in [0.3, 0.4) is 0 Å². The summed E-state index contributed by atoms with van der Waals surface area (Å²) in [5.74, 6) is 0. The molecule has 0 bridgehead atoms. The Morgan fingerprint density at radius 1 is 0.882 bits per heavy atom. The molecule has 2 heteroatoms. The first-order valence-electron chi connectivity index (χ1n) is 6.01. The maximum absolute atomic E-state index is 10.6. The molecule has 0 atom stereocenters. The Morgan fingerprint density at radius 3 is 1.59 bits per heavy atom. The molecule has 1 rings (SSSR count). The van der Waals surface area contributed by atoms with Gasteiger partial charge in [-0.05, 0) is 34.1 Å². The van der Waals surface area contributed by atoms with Crippen LogP contribution in [0, 0.1) is 0 Å². The molecule has 0 radical (unpaired) electrons. The Bertz CT molecular complexity index is 376. The van der Waals surface area contributed by atoms with E-state index in [2.05, 4.69) is 52.9 Å². The topological polar surface area (TPSA) is 29.1 Å². The minimum atomic E-state index is 0.0839. The molecule has 1 aromatic rings. The summed E-state index contributed by atoms with van der Waals surface area (Å²) in [5.41, 5.74) is 3.53. The van der Waals surface area contributed by atoms with Crippen molar-refractivity contribution in [3.63, 3.8) is 0 Å². The number of hydrogen-bond donors (Lipinski definition) is 1. The predicted octanol–water partition coefficient (Wildman–Crippen LogP) is 3.85. The number of nitrogens with one attached hydrogen (secondary N) is 1. The second-order valence-corrected chi connectivity index (χ2v) is 6.56. The summed E-state index contributed by atoms with van der Waals surface area (Å²) in [5, 5.41) is 2.75. The minimum absolute atomic E-state index is 0.0839. The van der Waals surface area contributed by atoms with Crippen molar-refractivity contribution >= 4 is 12.1 Å². The first-order chi connectivity index (χ1) is 7.64. The van der Waals surface area contributed by atoms with Gasteiger partial charge in [0.2, 0.25) is 6.41 Å². The third-order valence-electron chi connectivity index (χ3n) is 2.89. The molecule has 0 spiro atoms. The van der Waals surface area contributed by atoms with Crippen molar-refractivity contribution in [3.8, 4) is 0 Å². The molecule has 1 aromatic carbocycles. The molecule has 0 aliphatic rings. The Hall–Kier alpha value is -1.31. The molecule has 0 aromatic heterocycles. The van der Waals surface area contributed by atoms with Gasteiger partial charge in [-0.1, -0.05) is 47.6 Å². The second kappa shape index (κ2) is 4.52. The monoisotopic (exact) mass is 233 g/mol. The molecule has 0 fully saturated rings. The van der Waals surface area contributed by atoms with Gasteiger partial charge >= 0.3 is 0 Å². The van der Waals surface area contributed by atoms with E-state index in [1.54, 1.807) is 0 Å². The second-order valence-electron chi connectivity index (χ2n) is 6.56. The fourth-order valence-corrected chi connectivity index (χ4v) is 1.64.